The summed E-state index contributed by atoms with van der Waals surface area (Å²) in [7, 11) is 1.82. The summed E-state index contributed by atoms with van der Waals surface area (Å²) < 4.78 is 5.75. The largest absolute Gasteiger partial charge is 0.397 e. The van der Waals surface area contributed by atoms with Crippen molar-refractivity contribution >= 4 is 51.5 Å². The molecular formula is C27H32N10O2. The Labute approximate surface area is 225 Å². The van der Waals surface area contributed by atoms with E-state index < -0.39 is 5.91 Å². The zero-order valence-electron chi connectivity index (χ0n) is 22.2. The molecular weight excluding hydrogens is 496 g/mol. The number of fused-ring (bicyclic) bond motifs is 2. The third-order valence-electron chi connectivity index (χ3n) is 6.74. The lowest BCUT2D eigenvalue weighted by Crippen LogP contribution is -2.20. The van der Waals surface area contributed by atoms with Crippen LogP contribution in [0.15, 0.2) is 42.5 Å². The molecule has 0 aliphatic heterocycles. The molecule has 0 saturated carbocycles. The fraction of sp³-hybridized carbons (Fsp3) is 0.296. The van der Waals surface area contributed by atoms with Gasteiger partial charge in [-0.05, 0) is 63.1 Å². The minimum atomic E-state index is -0.483. The van der Waals surface area contributed by atoms with Gasteiger partial charge in [0, 0.05) is 32.2 Å². The number of aromatic nitrogens is 6. The number of nitrogens with two attached hydrogens (primary N) is 2. The molecule has 202 valence electrons. The van der Waals surface area contributed by atoms with Crippen molar-refractivity contribution in [2.24, 2.45) is 5.73 Å². The molecule has 2 amide bonds. The van der Waals surface area contributed by atoms with Crippen LogP contribution in [0.3, 0.4) is 0 Å². The van der Waals surface area contributed by atoms with Crippen LogP contribution in [0.25, 0.3) is 22.1 Å². The zero-order valence-corrected chi connectivity index (χ0v) is 22.2. The van der Waals surface area contributed by atoms with E-state index in [0.717, 1.165) is 29.6 Å². The second kappa shape index (κ2) is 10.5. The first-order valence-corrected chi connectivity index (χ1v) is 12.9. The number of rotatable bonds is 10. The number of hydrogen-bond acceptors (Lipinski definition) is 7. The van der Waals surface area contributed by atoms with E-state index in [1.807, 2.05) is 43.7 Å². The molecule has 0 spiro atoms. The molecule has 0 aliphatic rings. The fourth-order valence-corrected chi connectivity index (χ4v) is 4.87. The van der Waals surface area contributed by atoms with Crippen LogP contribution in [0.4, 0.5) is 17.6 Å². The molecule has 0 atom stereocenters. The number of aryl methyl sites for hydroxylation is 4. The van der Waals surface area contributed by atoms with Gasteiger partial charge in [0.2, 0.25) is 17.8 Å². The molecule has 12 heteroatoms. The van der Waals surface area contributed by atoms with Gasteiger partial charge in [-0.1, -0.05) is 6.07 Å². The first kappa shape index (κ1) is 25.8. The quantitative estimate of drug-likeness (QED) is 0.159. The SMILES string of the molecule is CCn1nc(C)cc1C(=O)Nc1nc2c(N)cccc2n1CCCCn1c(NC)nc2cc(C(N)=O)ccc21. The maximum atomic E-state index is 13.2. The van der Waals surface area contributed by atoms with E-state index >= 15 is 0 Å². The molecule has 0 radical (unpaired) electrons. The Morgan fingerprint density at radius 3 is 2.41 bits per heavy atom. The normalized spacial score (nSPS) is 11.4. The van der Waals surface area contributed by atoms with E-state index in [2.05, 4.69) is 30.3 Å². The first-order chi connectivity index (χ1) is 18.8. The van der Waals surface area contributed by atoms with E-state index in [0.29, 0.717) is 59.5 Å². The Kier molecular flexibility index (Phi) is 6.92. The van der Waals surface area contributed by atoms with Crippen LogP contribution in [-0.4, -0.2) is 47.7 Å². The summed E-state index contributed by atoms with van der Waals surface area (Å²) in [6, 6.07) is 12.7. The van der Waals surface area contributed by atoms with Gasteiger partial charge in [0.05, 0.1) is 27.9 Å². The number of carbonyl (C=O) groups excluding carboxylic acids is 2. The number of nitrogen functional groups attached to an aromatic ring is 1. The predicted molar refractivity (Wildman–Crippen MR) is 152 cm³/mol. The van der Waals surface area contributed by atoms with Gasteiger partial charge < -0.3 is 25.9 Å². The third-order valence-corrected chi connectivity index (χ3v) is 6.74. The van der Waals surface area contributed by atoms with E-state index in [1.54, 1.807) is 28.9 Å². The van der Waals surface area contributed by atoms with E-state index in [9.17, 15) is 9.59 Å². The minimum absolute atomic E-state index is 0.272. The van der Waals surface area contributed by atoms with Crippen LogP contribution >= 0.6 is 0 Å². The van der Waals surface area contributed by atoms with Gasteiger partial charge in [-0.2, -0.15) is 5.10 Å². The van der Waals surface area contributed by atoms with Gasteiger partial charge >= 0.3 is 0 Å². The number of nitrogens with one attached hydrogen (secondary N) is 2. The van der Waals surface area contributed by atoms with Crippen molar-refractivity contribution in [1.82, 2.24) is 28.9 Å². The van der Waals surface area contributed by atoms with Gasteiger partial charge in [-0.3, -0.25) is 19.6 Å². The smallest absolute Gasteiger partial charge is 0.276 e. The van der Waals surface area contributed by atoms with Gasteiger partial charge in [0.15, 0.2) is 0 Å². The van der Waals surface area contributed by atoms with Crippen molar-refractivity contribution in [3.63, 3.8) is 0 Å². The van der Waals surface area contributed by atoms with Crippen LogP contribution in [0.1, 0.15) is 46.3 Å². The first-order valence-electron chi connectivity index (χ1n) is 12.9. The topological polar surface area (TPSA) is 164 Å². The lowest BCUT2D eigenvalue weighted by atomic mass is 10.2. The molecule has 39 heavy (non-hydrogen) atoms. The number of anilines is 3. The average Bonchev–Trinajstić information content (AvgIpc) is 3.59. The predicted octanol–water partition coefficient (Wildman–Crippen LogP) is 3.37. The number of hydrogen-bond donors (Lipinski definition) is 4. The highest BCUT2D eigenvalue weighted by molar-refractivity contribution is 6.03. The summed E-state index contributed by atoms with van der Waals surface area (Å²) in [5.74, 6) is 0.398. The second-order valence-electron chi connectivity index (χ2n) is 9.35. The van der Waals surface area contributed by atoms with E-state index in [-0.39, 0.29) is 5.91 Å². The molecule has 0 unspecified atom stereocenters. The van der Waals surface area contributed by atoms with Crippen molar-refractivity contribution in [2.45, 2.75) is 46.3 Å². The molecule has 0 saturated heterocycles. The second-order valence-corrected chi connectivity index (χ2v) is 9.35. The summed E-state index contributed by atoms with van der Waals surface area (Å²) in [6.07, 6.45) is 1.63. The highest BCUT2D eigenvalue weighted by atomic mass is 16.2. The van der Waals surface area contributed by atoms with Crippen molar-refractivity contribution in [2.75, 3.05) is 23.4 Å². The lowest BCUT2D eigenvalue weighted by Gasteiger charge is -2.12. The summed E-state index contributed by atoms with van der Waals surface area (Å²) in [5.41, 5.74) is 17.0. The van der Waals surface area contributed by atoms with Crippen molar-refractivity contribution < 1.29 is 9.59 Å². The number of unbranched alkanes of at least 4 members (excludes halogenated alkanes) is 1. The van der Waals surface area contributed by atoms with E-state index in [4.69, 9.17) is 11.5 Å². The fourth-order valence-electron chi connectivity index (χ4n) is 4.87. The number of para-hydroxylation sites is 1. The van der Waals surface area contributed by atoms with Gasteiger partial charge in [-0.25, -0.2) is 9.97 Å². The molecule has 0 aliphatic carbocycles. The van der Waals surface area contributed by atoms with Gasteiger partial charge in [-0.15, -0.1) is 0 Å². The third kappa shape index (κ3) is 4.88. The molecule has 3 aromatic heterocycles. The van der Waals surface area contributed by atoms with Crippen molar-refractivity contribution in [3.8, 4) is 0 Å². The number of amides is 2. The standard InChI is InChI=1S/C27H32N10O2/c1-4-37-22(14-16(2)34-37)25(39)33-27-32-23-18(28)8-7-9-21(23)36(27)13-6-5-12-35-20-11-10-17(24(29)38)15-19(20)31-26(35)30-3/h7-11,14-15H,4-6,12-13,28H2,1-3H3,(H2,29,38)(H,30,31)(H,32,33,39). The Hall–Kier alpha value is -4.87. The molecule has 3 heterocycles. The molecule has 0 bridgehead atoms. The van der Waals surface area contributed by atoms with Crippen LogP contribution in [-0.2, 0) is 19.6 Å². The Bertz CT molecular complexity index is 1690. The Balaban J connectivity index is 1.36. The Morgan fingerprint density at radius 2 is 1.72 bits per heavy atom. The number of benzene rings is 2. The molecule has 5 rings (SSSR count). The van der Waals surface area contributed by atoms with Crippen LogP contribution < -0.4 is 22.1 Å². The maximum Gasteiger partial charge on any atom is 0.276 e. The van der Waals surface area contributed by atoms with Crippen LogP contribution in [0.2, 0.25) is 0 Å². The Morgan fingerprint density at radius 1 is 0.974 bits per heavy atom. The number of nitrogens with zero attached hydrogens (tertiary/aromatic N) is 6. The summed E-state index contributed by atoms with van der Waals surface area (Å²) in [6.45, 7) is 5.71. The highest BCUT2D eigenvalue weighted by Crippen LogP contribution is 2.26. The molecule has 2 aromatic carbocycles. The highest BCUT2D eigenvalue weighted by Gasteiger charge is 2.19. The van der Waals surface area contributed by atoms with Gasteiger partial charge in [0.1, 0.15) is 11.2 Å². The molecule has 6 N–H and O–H groups in total. The molecule has 0 fully saturated rings. The average molecular weight is 529 g/mol. The summed E-state index contributed by atoms with van der Waals surface area (Å²) in [4.78, 5) is 34.0. The lowest BCUT2D eigenvalue weighted by molar-refractivity contribution is 0.0996. The van der Waals surface area contributed by atoms with Crippen LogP contribution in [0.5, 0.6) is 0 Å². The number of carbonyl (C=O) groups is 2. The van der Waals surface area contributed by atoms with E-state index in [1.165, 1.54) is 0 Å². The van der Waals surface area contributed by atoms with Gasteiger partial charge in [0.25, 0.3) is 5.91 Å². The molecule has 12 nitrogen and oxygen atoms in total. The van der Waals surface area contributed by atoms with Crippen molar-refractivity contribution in [1.29, 1.82) is 0 Å². The summed E-state index contributed by atoms with van der Waals surface area (Å²) in [5, 5.41) is 10.5. The summed E-state index contributed by atoms with van der Waals surface area (Å²) >= 11 is 0. The minimum Gasteiger partial charge on any atom is -0.397 e. The maximum absolute atomic E-state index is 13.2. The zero-order chi connectivity index (χ0) is 27.7. The van der Waals surface area contributed by atoms with Crippen LogP contribution in [0, 0.1) is 6.92 Å². The number of imidazole rings is 2. The molecule has 5 aromatic rings. The van der Waals surface area contributed by atoms with Crippen molar-refractivity contribution in [3.05, 3.63) is 59.4 Å². The number of primary amides is 1. The monoisotopic (exact) mass is 528 g/mol.